The van der Waals surface area contributed by atoms with Crippen LogP contribution in [-0.4, -0.2) is 15.7 Å². The lowest BCUT2D eigenvalue weighted by Crippen LogP contribution is -2.29. The second-order valence-electron chi connectivity index (χ2n) is 7.34. The molecule has 2 aromatic carbocycles. The lowest BCUT2D eigenvalue weighted by Gasteiger charge is -2.11. The molecular weight excluding hydrogens is 380 g/mol. The van der Waals surface area contributed by atoms with Crippen molar-refractivity contribution in [2.45, 2.75) is 42.4 Å². The first-order chi connectivity index (χ1) is 14.2. The zero-order valence-electron chi connectivity index (χ0n) is 16.2. The Balaban J connectivity index is 1.44. The number of thioether (sulfide) groups is 1. The quantitative estimate of drug-likeness (QED) is 0.616. The SMILES string of the molecule is O=C(Nc1ccc(SC2CCCC2)cc1)c1cccn(Cc2ccccc2)c1=O. The van der Waals surface area contributed by atoms with E-state index in [1.807, 2.05) is 66.4 Å². The first kappa shape index (κ1) is 19.5. The van der Waals surface area contributed by atoms with Gasteiger partial charge in [0, 0.05) is 22.0 Å². The first-order valence-corrected chi connectivity index (χ1v) is 10.9. The zero-order chi connectivity index (χ0) is 20.1. The number of hydrogen-bond acceptors (Lipinski definition) is 3. The fourth-order valence-electron chi connectivity index (χ4n) is 3.63. The zero-order valence-corrected chi connectivity index (χ0v) is 17.0. The second-order valence-corrected chi connectivity index (χ2v) is 8.72. The van der Waals surface area contributed by atoms with Crippen molar-refractivity contribution >= 4 is 23.4 Å². The maximum atomic E-state index is 12.8. The van der Waals surface area contributed by atoms with Crippen LogP contribution in [0.2, 0.25) is 0 Å². The van der Waals surface area contributed by atoms with Crippen LogP contribution < -0.4 is 10.9 Å². The minimum Gasteiger partial charge on any atom is -0.322 e. The van der Waals surface area contributed by atoms with Crippen LogP contribution in [0, 0.1) is 0 Å². The summed E-state index contributed by atoms with van der Waals surface area (Å²) in [6.07, 6.45) is 6.93. The molecule has 1 aromatic heterocycles. The number of hydrogen-bond donors (Lipinski definition) is 1. The molecular formula is C24H24N2O2S. The lowest BCUT2D eigenvalue weighted by molar-refractivity contribution is 0.102. The van der Waals surface area contributed by atoms with Gasteiger partial charge in [0.2, 0.25) is 0 Å². The van der Waals surface area contributed by atoms with Crippen molar-refractivity contribution in [3.63, 3.8) is 0 Å². The monoisotopic (exact) mass is 404 g/mol. The van der Waals surface area contributed by atoms with Gasteiger partial charge in [-0.1, -0.05) is 43.2 Å². The fourth-order valence-corrected chi connectivity index (χ4v) is 4.88. The van der Waals surface area contributed by atoms with Gasteiger partial charge in [0.25, 0.3) is 11.5 Å². The second kappa shape index (κ2) is 9.14. The molecule has 0 aliphatic heterocycles. The standard InChI is InChI=1S/C24H24N2O2S/c27-23(25-19-12-14-21(15-13-19)29-20-9-4-5-10-20)22-11-6-16-26(24(22)28)17-18-7-2-1-3-8-18/h1-3,6-8,11-16,20H,4-5,9-10,17H2,(H,25,27). The van der Waals surface area contributed by atoms with E-state index in [-0.39, 0.29) is 17.0 Å². The Labute approximate surface area is 175 Å². The van der Waals surface area contributed by atoms with Gasteiger partial charge in [-0.15, -0.1) is 11.8 Å². The predicted octanol–water partition coefficient (Wildman–Crippen LogP) is 5.18. The molecule has 0 bridgehead atoms. The Kier molecular flexibility index (Phi) is 6.15. The van der Waals surface area contributed by atoms with Gasteiger partial charge >= 0.3 is 0 Å². The van der Waals surface area contributed by atoms with Gasteiger partial charge in [-0.2, -0.15) is 0 Å². The third-order valence-electron chi connectivity index (χ3n) is 5.18. The van der Waals surface area contributed by atoms with Crippen molar-refractivity contribution in [2.75, 3.05) is 5.32 Å². The van der Waals surface area contributed by atoms with Gasteiger partial charge in [0.15, 0.2) is 0 Å². The van der Waals surface area contributed by atoms with Crippen molar-refractivity contribution in [3.05, 3.63) is 94.4 Å². The van der Waals surface area contributed by atoms with Crippen LogP contribution in [0.15, 0.2) is 82.6 Å². The summed E-state index contributed by atoms with van der Waals surface area (Å²) >= 11 is 1.91. The van der Waals surface area contributed by atoms with Crippen LogP contribution in [0.5, 0.6) is 0 Å². The maximum Gasteiger partial charge on any atom is 0.263 e. The number of anilines is 1. The van der Waals surface area contributed by atoms with Crippen LogP contribution in [0.3, 0.4) is 0 Å². The molecule has 1 aliphatic carbocycles. The van der Waals surface area contributed by atoms with Crippen molar-refractivity contribution in [1.29, 1.82) is 0 Å². The number of carbonyl (C=O) groups is 1. The summed E-state index contributed by atoms with van der Waals surface area (Å²) in [5, 5.41) is 3.56. The van der Waals surface area contributed by atoms with Crippen LogP contribution in [0.1, 0.15) is 41.6 Å². The number of nitrogens with zero attached hydrogens (tertiary/aromatic N) is 1. The number of nitrogens with one attached hydrogen (secondary N) is 1. The molecule has 3 aromatic rings. The largest absolute Gasteiger partial charge is 0.322 e. The molecule has 1 N–H and O–H groups in total. The van der Waals surface area contributed by atoms with Crippen molar-refractivity contribution in [1.82, 2.24) is 4.57 Å². The average molecular weight is 405 g/mol. The van der Waals surface area contributed by atoms with Crippen LogP contribution in [0.4, 0.5) is 5.69 Å². The molecule has 4 rings (SSSR count). The third-order valence-corrected chi connectivity index (χ3v) is 6.53. The summed E-state index contributed by atoms with van der Waals surface area (Å²) in [7, 11) is 0. The number of amides is 1. The van der Waals surface area contributed by atoms with E-state index in [2.05, 4.69) is 5.32 Å². The van der Waals surface area contributed by atoms with E-state index in [1.165, 1.54) is 30.6 Å². The molecule has 1 fully saturated rings. The number of rotatable bonds is 6. The van der Waals surface area contributed by atoms with Crippen molar-refractivity contribution < 1.29 is 4.79 Å². The minimum absolute atomic E-state index is 0.146. The van der Waals surface area contributed by atoms with Gasteiger partial charge in [-0.3, -0.25) is 9.59 Å². The molecule has 0 radical (unpaired) electrons. The molecule has 0 atom stereocenters. The van der Waals surface area contributed by atoms with Gasteiger partial charge in [0.1, 0.15) is 5.56 Å². The van der Waals surface area contributed by atoms with Gasteiger partial charge in [0.05, 0.1) is 6.54 Å². The number of pyridine rings is 1. The van der Waals surface area contributed by atoms with Gasteiger partial charge < -0.3 is 9.88 Å². The highest BCUT2D eigenvalue weighted by Gasteiger charge is 2.16. The Morgan fingerprint density at radius 3 is 2.41 bits per heavy atom. The van der Waals surface area contributed by atoms with E-state index in [0.29, 0.717) is 17.5 Å². The highest BCUT2D eigenvalue weighted by atomic mass is 32.2. The molecule has 148 valence electrons. The Morgan fingerprint density at radius 1 is 0.966 bits per heavy atom. The predicted molar refractivity (Wildman–Crippen MR) is 119 cm³/mol. The topological polar surface area (TPSA) is 51.1 Å². The molecule has 1 aliphatic rings. The summed E-state index contributed by atoms with van der Waals surface area (Å²) in [4.78, 5) is 26.6. The first-order valence-electron chi connectivity index (χ1n) is 10.0. The van der Waals surface area contributed by atoms with E-state index >= 15 is 0 Å². The summed E-state index contributed by atoms with van der Waals surface area (Å²) in [5.41, 5.74) is 1.57. The van der Waals surface area contributed by atoms with Crippen LogP contribution in [0.25, 0.3) is 0 Å². The Bertz CT molecular complexity index is 1020. The summed E-state index contributed by atoms with van der Waals surface area (Å²) < 4.78 is 1.56. The highest BCUT2D eigenvalue weighted by molar-refractivity contribution is 8.00. The average Bonchev–Trinajstić information content (AvgIpc) is 3.25. The molecule has 0 unspecified atom stereocenters. The van der Waals surface area contributed by atoms with Crippen LogP contribution in [-0.2, 0) is 6.54 Å². The molecule has 1 saturated carbocycles. The smallest absolute Gasteiger partial charge is 0.263 e. The molecule has 1 heterocycles. The van der Waals surface area contributed by atoms with E-state index in [4.69, 9.17) is 0 Å². The summed E-state index contributed by atoms with van der Waals surface area (Å²) in [6.45, 7) is 0.438. The van der Waals surface area contributed by atoms with Crippen molar-refractivity contribution in [3.8, 4) is 0 Å². The number of carbonyl (C=O) groups excluding carboxylic acids is 1. The Hall–Kier alpha value is -2.79. The maximum absolute atomic E-state index is 12.8. The number of benzene rings is 2. The summed E-state index contributed by atoms with van der Waals surface area (Å²) in [5.74, 6) is -0.381. The molecule has 29 heavy (non-hydrogen) atoms. The summed E-state index contributed by atoms with van der Waals surface area (Å²) in [6, 6.07) is 20.9. The van der Waals surface area contributed by atoms with E-state index in [9.17, 15) is 9.59 Å². The van der Waals surface area contributed by atoms with Crippen LogP contribution >= 0.6 is 11.8 Å². The lowest BCUT2D eigenvalue weighted by atomic mass is 10.2. The van der Waals surface area contributed by atoms with Gasteiger partial charge in [-0.25, -0.2) is 0 Å². The normalized spacial score (nSPS) is 14.1. The van der Waals surface area contributed by atoms with E-state index < -0.39 is 0 Å². The van der Waals surface area contributed by atoms with Crippen molar-refractivity contribution in [2.24, 2.45) is 0 Å². The van der Waals surface area contributed by atoms with E-state index in [1.54, 1.807) is 22.9 Å². The third kappa shape index (κ3) is 4.98. The number of aromatic nitrogens is 1. The van der Waals surface area contributed by atoms with Gasteiger partial charge in [-0.05, 0) is 54.8 Å². The Morgan fingerprint density at radius 2 is 1.69 bits per heavy atom. The van der Waals surface area contributed by atoms with E-state index in [0.717, 1.165) is 5.56 Å². The molecule has 5 heteroatoms. The molecule has 4 nitrogen and oxygen atoms in total. The minimum atomic E-state index is -0.381. The molecule has 0 spiro atoms. The fraction of sp³-hybridized carbons (Fsp3) is 0.250. The highest BCUT2D eigenvalue weighted by Crippen LogP contribution is 2.34. The molecule has 1 amide bonds. The molecule has 0 saturated heterocycles.